The average molecular weight is 512 g/mol. The fourth-order valence-electron chi connectivity index (χ4n) is 3.33. The molecule has 0 aliphatic carbocycles. The van der Waals surface area contributed by atoms with E-state index in [1.54, 1.807) is 18.2 Å². The van der Waals surface area contributed by atoms with Gasteiger partial charge in [0.1, 0.15) is 29.8 Å². The number of aliphatic carboxylic acids is 2. The summed E-state index contributed by atoms with van der Waals surface area (Å²) >= 11 is 0. The van der Waals surface area contributed by atoms with Gasteiger partial charge in [-0.15, -0.1) is 0 Å². The summed E-state index contributed by atoms with van der Waals surface area (Å²) in [5.41, 5.74) is 1.91. The van der Waals surface area contributed by atoms with Crippen LogP contribution in [0, 0.1) is 0 Å². The standard InChI is InChI=1S/C24H29NO4.C4H4O4/c1-15(2)24-22(17-8-6-5-7-9-17)23(27)20-11-10-19(12-21(20)29-24)28-14-18(26)13-25-16(3)4;5-3(6)1-2-4(7)8/h5-12,15-16,18,25-26H,13-14H2,1-4H3;1-2H,(H,5,6)(H,7,8)/b;2-1+. The number of benzene rings is 2. The van der Waals surface area contributed by atoms with E-state index in [4.69, 9.17) is 19.4 Å². The van der Waals surface area contributed by atoms with Crippen molar-refractivity contribution in [3.63, 3.8) is 0 Å². The lowest BCUT2D eigenvalue weighted by molar-refractivity contribution is -0.134. The predicted octanol–water partition coefficient (Wildman–Crippen LogP) is 4.03. The molecule has 0 bridgehead atoms. The lowest BCUT2D eigenvalue weighted by atomic mass is 9.97. The van der Waals surface area contributed by atoms with Crippen molar-refractivity contribution in [2.45, 2.75) is 45.8 Å². The van der Waals surface area contributed by atoms with E-state index in [0.717, 1.165) is 5.56 Å². The van der Waals surface area contributed by atoms with Crippen LogP contribution in [0.1, 0.15) is 39.4 Å². The third kappa shape index (κ3) is 9.21. The molecule has 1 aromatic heterocycles. The van der Waals surface area contributed by atoms with E-state index >= 15 is 0 Å². The number of aliphatic hydroxyl groups excluding tert-OH is 1. The minimum atomic E-state index is -1.26. The molecule has 1 atom stereocenters. The Hall–Kier alpha value is -3.95. The molecule has 0 spiro atoms. The van der Waals surface area contributed by atoms with Crippen LogP contribution in [0.4, 0.5) is 0 Å². The Morgan fingerprint density at radius 2 is 1.62 bits per heavy atom. The number of ether oxygens (including phenoxy) is 1. The van der Waals surface area contributed by atoms with Crippen LogP contribution < -0.4 is 15.5 Å². The number of hydrogen-bond acceptors (Lipinski definition) is 7. The van der Waals surface area contributed by atoms with Gasteiger partial charge in [-0.1, -0.05) is 58.0 Å². The quantitative estimate of drug-likeness (QED) is 0.296. The third-order valence-electron chi connectivity index (χ3n) is 5.05. The number of carboxylic acid groups (broad SMARTS) is 2. The summed E-state index contributed by atoms with van der Waals surface area (Å²) in [5.74, 6) is -1.24. The maximum absolute atomic E-state index is 13.2. The molecule has 1 unspecified atom stereocenters. The van der Waals surface area contributed by atoms with Crippen molar-refractivity contribution in [1.29, 1.82) is 0 Å². The van der Waals surface area contributed by atoms with Gasteiger partial charge in [0, 0.05) is 36.7 Å². The van der Waals surface area contributed by atoms with Gasteiger partial charge in [0.05, 0.1) is 10.9 Å². The van der Waals surface area contributed by atoms with Crippen LogP contribution in [0.3, 0.4) is 0 Å². The van der Waals surface area contributed by atoms with Crippen LogP contribution in [-0.4, -0.2) is 52.6 Å². The minimum absolute atomic E-state index is 0.0473. The molecule has 9 nitrogen and oxygen atoms in total. The second-order valence-corrected chi connectivity index (χ2v) is 8.89. The van der Waals surface area contributed by atoms with Crippen LogP contribution in [0.2, 0.25) is 0 Å². The molecule has 3 aromatic rings. The van der Waals surface area contributed by atoms with E-state index in [1.807, 2.05) is 58.0 Å². The first kappa shape index (κ1) is 29.3. The van der Waals surface area contributed by atoms with Crippen molar-refractivity contribution in [3.8, 4) is 16.9 Å². The van der Waals surface area contributed by atoms with Gasteiger partial charge in [-0.05, 0) is 17.7 Å². The van der Waals surface area contributed by atoms with Crippen molar-refractivity contribution in [2.75, 3.05) is 13.2 Å². The molecule has 1 heterocycles. The number of nitrogens with one attached hydrogen (secondary N) is 1. The molecule has 0 aliphatic rings. The highest BCUT2D eigenvalue weighted by atomic mass is 16.5. The van der Waals surface area contributed by atoms with Crippen LogP contribution >= 0.6 is 0 Å². The first-order valence-electron chi connectivity index (χ1n) is 11.8. The highest BCUT2D eigenvalue weighted by molar-refractivity contribution is 5.89. The van der Waals surface area contributed by atoms with E-state index in [0.29, 0.717) is 52.8 Å². The smallest absolute Gasteiger partial charge is 0.328 e. The van der Waals surface area contributed by atoms with E-state index in [9.17, 15) is 19.5 Å². The number of aliphatic hydroxyl groups is 1. The fourth-order valence-corrected chi connectivity index (χ4v) is 3.33. The lowest BCUT2D eigenvalue weighted by Gasteiger charge is -2.16. The van der Waals surface area contributed by atoms with Gasteiger partial charge in [0.25, 0.3) is 0 Å². The van der Waals surface area contributed by atoms with Crippen molar-refractivity contribution in [3.05, 3.63) is 76.7 Å². The molecule has 3 rings (SSSR count). The van der Waals surface area contributed by atoms with Gasteiger partial charge in [0.15, 0.2) is 0 Å². The third-order valence-corrected chi connectivity index (χ3v) is 5.05. The summed E-state index contributed by atoms with van der Waals surface area (Å²) in [6, 6.07) is 15.1. The maximum atomic E-state index is 13.2. The Bertz CT molecular complexity index is 1260. The van der Waals surface area contributed by atoms with Gasteiger partial charge >= 0.3 is 11.9 Å². The van der Waals surface area contributed by atoms with Crippen molar-refractivity contribution >= 4 is 22.9 Å². The number of fused-ring (bicyclic) bond motifs is 1. The fraction of sp³-hybridized carbons (Fsp3) is 0.321. The summed E-state index contributed by atoms with van der Waals surface area (Å²) in [7, 11) is 0. The molecule has 4 N–H and O–H groups in total. The SMILES string of the molecule is CC(C)NCC(O)COc1ccc2c(=O)c(-c3ccccc3)c(C(C)C)oc2c1.O=C(O)/C=C/C(=O)O. The summed E-state index contributed by atoms with van der Waals surface area (Å²) in [5, 5.41) is 29.3. The molecule has 0 amide bonds. The van der Waals surface area contributed by atoms with Crippen LogP contribution in [0.5, 0.6) is 5.75 Å². The Kier molecular flexibility index (Phi) is 11.0. The molecule has 0 fully saturated rings. The van der Waals surface area contributed by atoms with Crippen LogP contribution in [-0.2, 0) is 9.59 Å². The molecule has 198 valence electrons. The molecule has 2 aromatic carbocycles. The Morgan fingerprint density at radius 1 is 1.00 bits per heavy atom. The molecule has 0 saturated heterocycles. The number of hydrogen-bond donors (Lipinski definition) is 4. The Labute approximate surface area is 215 Å². The molecule has 0 radical (unpaired) electrons. The summed E-state index contributed by atoms with van der Waals surface area (Å²) in [4.78, 5) is 32.3. The molecule has 9 heteroatoms. The van der Waals surface area contributed by atoms with Crippen molar-refractivity contribution in [2.24, 2.45) is 0 Å². The Balaban J connectivity index is 0.000000521. The topological polar surface area (TPSA) is 146 Å². The van der Waals surface area contributed by atoms with Gasteiger partial charge in [-0.3, -0.25) is 4.79 Å². The maximum Gasteiger partial charge on any atom is 0.328 e. The zero-order valence-electron chi connectivity index (χ0n) is 21.3. The summed E-state index contributed by atoms with van der Waals surface area (Å²) in [6.45, 7) is 8.68. The number of carboxylic acids is 2. The normalized spacial score (nSPS) is 12.0. The highest BCUT2D eigenvalue weighted by Gasteiger charge is 2.19. The number of carbonyl (C=O) groups is 2. The predicted molar refractivity (Wildman–Crippen MR) is 141 cm³/mol. The first-order chi connectivity index (χ1) is 17.5. The zero-order chi connectivity index (χ0) is 27.5. The van der Waals surface area contributed by atoms with E-state index < -0.39 is 18.0 Å². The second kappa shape index (κ2) is 14.0. The molecule has 0 aliphatic heterocycles. The first-order valence-corrected chi connectivity index (χ1v) is 11.8. The van der Waals surface area contributed by atoms with Crippen molar-refractivity contribution < 1.29 is 34.1 Å². The highest BCUT2D eigenvalue weighted by Crippen LogP contribution is 2.31. The van der Waals surface area contributed by atoms with Gasteiger partial charge in [-0.2, -0.15) is 0 Å². The molecular formula is C28H33NO8. The lowest BCUT2D eigenvalue weighted by Crippen LogP contribution is -2.35. The van der Waals surface area contributed by atoms with Gasteiger partial charge < -0.3 is 29.8 Å². The van der Waals surface area contributed by atoms with Gasteiger partial charge in [-0.25, -0.2) is 9.59 Å². The largest absolute Gasteiger partial charge is 0.491 e. The molecule has 0 saturated carbocycles. The monoisotopic (exact) mass is 511 g/mol. The second-order valence-electron chi connectivity index (χ2n) is 8.89. The minimum Gasteiger partial charge on any atom is -0.491 e. The van der Waals surface area contributed by atoms with Crippen LogP contribution in [0.25, 0.3) is 22.1 Å². The van der Waals surface area contributed by atoms with E-state index in [2.05, 4.69) is 5.32 Å². The average Bonchev–Trinajstić information content (AvgIpc) is 2.85. The summed E-state index contributed by atoms with van der Waals surface area (Å²) < 4.78 is 11.9. The number of rotatable bonds is 10. The van der Waals surface area contributed by atoms with Crippen molar-refractivity contribution in [1.82, 2.24) is 5.32 Å². The van der Waals surface area contributed by atoms with Crippen LogP contribution in [0.15, 0.2) is 69.9 Å². The summed E-state index contributed by atoms with van der Waals surface area (Å²) in [6.07, 6.45) is 0.497. The van der Waals surface area contributed by atoms with E-state index in [-0.39, 0.29) is 18.0 Å². The van der Waals surface area contributed by atoms with Gasteiger partial charge in [0.2, 0.25) is 5.43 Å². The zero-order valence-corrected chi connectivity index (χ0v) is 21.3. The Morgan fingerprint density at radius 3 is 2.16 bits per heavy atom. The van der Waals surface area contributed by atoms with E-state index in [1.165, 1.54) is 0 Å². The molecular weight excluding hydrogens is 478 g/mol. The molecule has 37 heavy (non-hydrogen) atoms.